The van der Waals surface area contributed by atoms with Gasteiger partial charge in [0, 0.05) is 14.1 Å². The van der Waals surface area contributed by atoms with Crippen LogP contribution in [-0.4, -0.2) is 36.5 Å². The van der Waals surface area contributed by atoms with Gasteiger partial charge < -0.3 is 4.90 Å². The van der Waals surface area contributed by atoms with Gasteiger partial charge in [-0.05, 0) is 20.9 Å². The molecule has 6 heteroatoms. The SMILES string of the molecule is CNNC(C)Sc1c(C)ncnc1N(C)C. The Kier molecular flexibility index (Phi) is 4.98. The molecule has 0 saturated heterocycles. The number of aromatic nitrogens is 2. The molecule has 0 spiro atoms. The summed E-state index contributed by atoms with van der Waals surface area (Å²) in [5, 5.41) is 0.258. The maximum absolute atomic E-state index is 4.30. The average molecular weight is 241 g/mol. The lowest BCUT2D eigenvalue weighted by atomic mass is 10.4. The van der Waals surface area contributed by atoms with Crippen LogP contribution in [0.2, 0.25) is 0 Å². The summed E-state index contributed by atoms with van der Waals surface area (Å²) < 4.78 is 0. The molecule has 1 atom stereocenters. The lowest BCUT2D eigenvalue weighted by Gasteiger charge is -2.19. The van der Waals surface area contributed by atoms with Crippen LogP contribution in [0.3, 0.4) is 0 Å². The Bertz CT molecular complexity index is 342. The Labute approximate surface area is 101 Å². The van der Waals surface area contributed by atoms with Crippen LogP contribution in [0.15, 0.2) is 11.2 Å². The van der Waals surface area contributed by atoms with E-state index in [1.165, 1.54) is 0 Å². The normalized spacial score (nSPS) is 12.6. The molecule has 1 rings (SSSR count). The van der Waals surface area contributed by atoms with Crippen molar-refractivity contribution in [2.45, 2.75) is 24.1 Å². The zero-order valence-corrected chi connectivity index (χ0v) is 11.2. The molecule has 1 unspecified atom stereocenters. The van der Waals surface area contributed by atoms with Crippen LogP contribution in [0.5, 0.6) is 0 Å². The molecular formula is C10H19N5S. The van der Waals surface area contributed by atoms with Crippen molar-refractivity contribution in [3.63, 3.8) is 0 Å². The zero-order valence-electron chi connectivity index (χ0n) is 10.4. The van der Waals surface area contributed by atoms with E-state index in [-0.39, 0.29) is 5.37 Å². The van der Waals surface area contributed by atoms with Gasteiger partial charge in [-0.1, -0.05) is 0 Å². The summed E-state index contributed by atoms with van der Waals surface area (Å²) in [5.74, 6) is 0.960. The molecule has 0 saturated carbocycles. The monoisotopic (exact) mass is 241 g/mol. The summed E-state index contributed by atoms with van der Waals surface area (Å²) in [6.07, 6.45) is 1.60. The fourth-order valence-electron chi connectivity index (χ4n) is 1.32. The lowest BCUT2D eigenvalue weighted by Crippen LogP contribution is -2.34. The molecule has 0 aliphatic heterocycles. The van der Waals surface area contributed by atoms with Gasteiger partial charge in [0.05, 0.1) is 16.0 Å². The third-order valence-electron chi connectivity index (χ3n) is 2.03. The maximum atomic E-state index is 4.30. The highest BCUT2D eigenvalue weighted by Gasteiger charge is 2.13. The molecular weight excluding hydrogens is 222 g/mol. The number of rotatable bonds is 5. The number of hydrazine groups is 1. The van der Waals surface area contributed by atoms with E-state index in [2.05, 4.69) is 27.7 Å². The summed E-state index contributed by atoms with van der Waals surface area (Å²) in [7, 11) is 5.84. The second-order valence-corrected chi connectivity index (χ2v) is 5.01. The summed E-state index contributed by atoms with van der Waals surface area (Å²) in [6, 6.07) is 0. The van der Waals surface area contributed by atoms with E-state index in [1.807, 2.05) is 33.0 Å². The molecule has 1 aromatic heterocycles. The van der Waals surface area contributed by atoms with Crippen LogP contribution >= 0.6 is 11.8 Å². The quantitative estimate of drug-likeness (QED) is 0.456. The van der Waals surface area contributed by atoms with E-state index in [4.69, 9.17) is 0 Å². The van der Waals surface area contributed by atoms with Gasteiger partial charge in [-0.2, -0.15) is 0 Å². The summed E-state index contributed by atoms with van der Waals surface area (Å²) >= 11 is 1.71. The van der Waals surface area contributed by atoms with Crippen LogP contribution < -0.4 is 15.8 Å². The Balaban J connectivity index is 2.92. The number of aryl methyl sites for hydroxylation is 1. The molecule has 0 aliphatic rings. The first-order valence-electron chi connectivity index (χ1n) is 5.14. The minimum atomic E-state index is 0.258. The second kappa shape index (κ2) is 6.03. The van der Waals surface area contributed by atoms with Crippen molar-refractivity contribution in [3.8, 4) is 0 Å². The fourth-order valence-corrected chi connectivity index (χ4v) is 2.41. The molecule has 0 fully saturated rings. The van der Waals surface area contributed by atoms with Crippen LogP contribution in [0.1, 0.15) is 12.6 Å². The van der Waals surface area contributed by atoms with Gasteiger partial charge >= 0.3 is 0 Å². The number of hydrogen-bond donors (Lipinski definition) is 2. The number of hydrogen-bond acceptors (Lipinski definition) is 6. The third kappa shape index (κ3) is 3.33. The molecule has 16 heavy (non-hydrogen) atoms. The minimum Gasteiger partial charge on any atom is -0.362 e. The molecule has 1 aromatic rings. The maximum Gasteiger partial charge on any atom is 0.145 e. The summed E-state index contributed by atoms with van der Waals surface area (Å²) in [4.78, 5) is 11.6. The zero-order chi connectivity index (χ0) is 12.1. The molecule has 5 nitrogen and oxygen atoms in total. The van der Waals surface area contributed by atoms with Crippen LogP contribution in [0.25, 0.3) is 0 Å². The molecule has 90 valence electrons. The van der Waals surface area contributed by atoms with E-state index < -0.39 is 0 Å². The summed E-state index contributed by atoms with van der Waals surface area (Å²) in [6.45, 7) is 4.09. The van der Waals surface area contributed by atoms with Gasteiger partial charge in [-0.3, -0.25) is 5.43 Å². The molecule has 0 bridgehead atoms. The van der Waals surface area contributed by atoms with Crippen molar-refractivity contribution < 1.29 is 0 Å². The van der Waals surface area contributed by atoms with Crippen LogP contribution in [0, 0.1) is 6.92 Å². The number of nitrogens with one attached hydrogen (secondary N) is 2. The first-order chi connectivity index (χ1) is 7.56. The van der Waals surface area contributed by atoms with Crippen molar-refractivity contribution in [3.05, 3.63) is 12.0 Å². The van der Waals surface area contributed by atoms with E-state index in [1.54, 1.807) is 18.1 Å². The van der Waals surface area contributed by atoms with Gasteiger partial charge in [0.15, 0.2) is 0 Å². The minimum absolute atomic E-state index is 0.258. The van der Waals surface area contributed by atoms with Gasteiger partial charge in [0.25, 0.3) is 0 Å². The second-order valence-electron chi connectivity index (χ2n) is 3.66. The van der Waals surface area contributed by atoms with Crippen molar-refractivity contribution in [2.75, 3.05) is 26.0 Å². The Morgan fingerprint density at radius 2 is 2.06 bits per heavy atom. The smallest absolute Gasteiger partial charge is 0.145 e. The highest BCUT2D eigenvalue weighted by Crippen LogP contribution is 2.31. The van der Waals surface area contributed by atoms with Crippen molar-refractivity contribution in [1.29, 1.82) is 0 Å². The van der Waals surface area contributed by atoms with E-state index >= 15 is 0 Å². The number of thioether (sulfide) groups is 1. The number of anilines is 1. The molecule has 1 heterocycles. The Hall–Kier alpha value is -0.850. The van der Waals surface area contributed by atoms with E-state index in [9.17, 15) is 0 Å². The van der Waals surface area contributed by atoms with Crippen molar-refractivity contribution in [1.82, 2.24) is 20.8 Å². The van der Waals surface area contributed by atoms with Gasteiger partial charge in [0.1, 0.15) is 12.1 Å². The van der Waals surface area contributed by atoms with Crippen molar-refractivity contribution >= 4 is 17.6 Å². The first-order valence-corrected chi connectivity index (χ1v) is 6.02. The highest BCUT2D eigenvalue weighted by molar-refractivity contribution is 8.00. The summed E-state index contributed by atoms with van der Waals surface area (Å²) in [5.41, 5.74) is 7.06. The molecule has 0 amide bonds. The van der Waals surface area contributed by atoms with Gasteiger partial charge in [-0.15, -0.1) is 11.8 Å². The Morgan fingerprint density at radius 3 is 2.62 bits per heavy atom. The lowest BCUT2D eigenvalue weighted by molar-refractivity contribution is 0.593. The molecule has 2 N–H and O–H groups in total. The highest BCUT2D eigenvalue weighted by atomic mass is 32.2. The standard InChI is InChI=1S/C10H19N5S/c1-7-9(16-8(2)14-11-3)10(15(4)5)13-6-12-7/h6,8,11,14H,1-5H3. The number of nitrogens with zero attached hydrogens (tertiary/aromatic N) is 3. The largest absolute Gasteiger partial charge is 0.362 e. The average Bonchev–Trinajstić information content (AvgIpc) is 2.21. The first kappa shape index (κ1) is 13.2. The third-order valence-corrected chi connectivity index (χ3v) is 3.21. The molecule has 0 aliphatic carbocycles. The van der Waals surface area contributed by atoms with Crippen LogP contribution in [-0.2, 0) is 0 Å². The van der Waals surface area contributed by atoms with Crippen LogP contribution in [0.4, 0.5) is 5.82 Å². The van der Waals surface area contributed by atoms with E-state index in [0.717, 1.165) is 16.4 Å². The van der Waals surface area contributed by atoms with Gasteiger partial charge in [-0.25, -0.2) is 15.4 Å². The predicted octanol–water partition coefficient (Wildman–Crippen LogP) is 1.01. The van der Waals surface area contributed by atoms with E-state index in [0.29, 0.717) is 0 Å². The van der Waals surface area contributed by atoms with Gasteiger partial charge in [0.2, 0.25) is 0 Å². The Morgan fingerprint density at radius 1 is 1.38 bits per heavy atom. The molecule has 0 aromatic carbocycles. The predicted molar refractivity (Wildman–Crippen MR) is 68.6 cm³/mol. The molecule has 0 radical (unpaired) electrons. The topological polar surface area (TPSA) is 53.1 Å². The fraction of sp³-hybridized carbons (Fsp3) is 0.600. The van der Waals surface area contributed by atoms with Crippen molar-refractivity contribution in [2.24, 2.45) is 0 Å².